The molecule has 0 saturated heterocycles. The second-order valence-electron chi connectivity index (χ2n) is 5.86. The van der Waals surface area contributed by atoms with E-state index in [1.165, 1.54) is 47.7 Å². The van der Waals surface area contributed by atoms with Crippen LogP contribution in [0.1, 0.15) is 51.3 Å². The van der Waals surface area contributed by atoms with Crippen LogP contribution in [0.15, 0.2) is 29.4 Å². The third kappa shape index (κ3) is 2.66. The minimum atomic E-state index is 0.470. The number of hydrogen-bond donors (Lipinski definition) is 0. The van der Waals surface area contributed by atoms with Gasteiger partial charge >= 0.3 is 0 Å². The summed E-state index contributed by atoms with van der Waals surface area (Å²) in [4.78, 5) is 5.97. The van der Waals surface area contributed by atoms with Gasteiger partial charge in [-0.25, -0.2) is 4.98 Å². The van der Waals surface area contributed by atoms with Crippen molar-refractivity contribution in [3.8, 4) is 0 Å². The Morgan fingerprint density at radius 3 is 2.89 bits per heavy atom. The highest BCUT2D eigenvalue weighted by Gasteiger charge is 2.16. The number of aromatic nitrogens is 2. The zero-order chi connectivity index (χ0) is 13.2. The molecular weight excluding hydrogens is 252 g/mol. The minimum absolute atomic E-state index is 0.470. The largest absolute Gasteiger partial charge is 0.302 e. The van der Waals surface area contributed by atoms with Crippen molar-refractivity contribution in [1.82, 2.24) is 9.38 Å². The Balaban J connectivity index is 1.82. The molecule has 0 amide bonds. The quantitative estimate of drug-likeness (QED) is 0.749. The van der Waals surface area contributed by atoms with Crippen LogP contribution in [0.5, 0.6) is 0 Å². The summed E-state index contributed by atoms with van der Waals surface area (Å²) in [6, 6.07) is 4.39. The summed E-state index contributed by atoms with van der Waals surface area (Å²) in [5.41, 5.74) is 1.27. The molecule has 0 aromatic carbocycles. The first-order valence-electron chi connectivity index (χ1n) is 7.34. The van der Waals surface area contributed by atoms with Crippen LogP contribution in [0.3, 0.4) is 0 Å². The number of imidazole rings is 1. The second kappa shape index (κ2) is 5.58. The van der Waals surface area contributed by atoms with E-state index in [1.807, 2.05) is 18.0 Å². The lowest BCUT2D eigenvalue weighted by atomic mass is 10.1. The van der Waals surface area contributed by atoms with Gasteiger partial charge in [0.2, 0.25) is 0 Å². The zero-order valence-corrected chi connectivity index (χ0v) is 12.6. The van der Waals surface area contributed by atoms with Crippen molar-refractivity contribution in [3.63, 3.8) is 0 Å². The molecule has 2 aromatic rings. The van der Waals surface area contributed by atoms with Gasteiger partial charge in [-0.05, 0) is 30.9 Å². The number of thioether (sulfide) groups is 1. The molecule has 102 valence electrons. The van der Waals surface area contributed by atoms with Gasteiger partial charge in [0.05, 0.1) is 11.7 Å². The lowest BCUT2D eigenvalue weighted by molar-refractivity contribution is 0.623. The highest BCUT2D eigenvalue weighted by atomic mass is 32.2. The van der Waals surface area contributed by atoms with E-state index in [-0.39, 0.29) is 0 Å². The third-order valence-electron chi connectivity index (χ3n) is 4.03. The molecule has 1 fully saturated rings. The van der Waals surface area contributed by atoms with E-state index in [4.69, 9.17) is 0 Å². The highest BCUT2D eigenvalue weighted by Crippen LogP contribution is 2.33. The van der Waals surface area contributed by atoms with Crippen molar-refractivity contribution < 1.29 is 0 Å². The summed E-state index contributed by atoms with van der Waals surface area (Å²) in [6.45, 7) is 4.40. The molecule has 19 heavy (non-hydrogen) atoms. The fourth-order valence-corrected chi connectivity index (χ4v) is 4.17. The smallest absolute Gasteiger partial charge is 0.115 e. The lowest BCUT2D eigenvalue weighted by Gasteiger charge is -2.10. The third-order valence-corrected chi connectivity index (χ3v) is 5.32. The van der Waals surface area contributed by atoms with Gasteiger partial charge in [0, 0.05) is 22.8 Å². The van der Waals surface area contributed by atoms with Crippen molar-refractivity contribution in [3.05, 3.63) is 30.4 Å². The average Bonchev–Trinajstić information content (AvgIpc) is 3.05. The standard InChI is InChI=1S/C16H22N2S/c1-12(2)16-17-10-14-15(8-5-9-18(14)16)19-11-13-6-3-4-7-13/h5,8-10,12-13H,3-4,6-7,11H2,1-2H3. The fourth-order valence-electron chi connectivity index (χ4n) is 2.95. The van der Waals surface area contributed by atoms with Crippen LogP contribution < -0.4 is 0 Å². The molecule has 0 radical (unpaired) electrons. The van der Waals surface area contributed by atoms with E-state index in [0.29, 0.717) is 5.92 Å². The summed E-state index contributed by atoms with van der Waals surface area (Å²) in [5, 5.41) is 0. The summed E-state index contributed by atoms with van der Waals surface area (Å²) in [7, 11) is 0. The molecule has 0 unspecified atom stereocenters. The number of fused-ring (bicyclic) bond motifs is 1. The van der Waals surface area contributed by atoms with Gasteiger partial charge in [-0.15, -0.1) is 11.8 Å². The van der Waals surface area contributed by atoms with Crippen molar-refractivity contribution in [2.45, 2.75) is 50.3 Å². The fraction of sp³-hybridized carbons (Fsp3) is 0.562. The molecule has 0 bridgehead atoms. The molecule has 2 aromatic heterocycles. The molecule has 3 heteroatoms. The Hall–Kier alpha value is -0.960. The van der Waals surface area contributed by atoms with Gasteiger partial charge in [-0.2, -0.15) is 0 Å². The Kier molecular flexibility index (Phi) is 3.83. The van der Waals surface area contributed by atoms with E-state index in [2.05, 4.69) is 41.6 Å². The first-order valence-corrected chi connectivity index (χ1v) is 8.33. The van der Waals surface area contributed by atoms with E-state index in [1.54, 1.807) is 0 Å². The summed E-state index contributed by atoms with van der Waals surface area (Å²) in [5.74, 6) is 3.83. The average molecular weight is 274 g/mol. The Morgan fingerprint density at radius 1 is 1.37 bits per heavy atom. The second-order valence-corrected chi connectivity index (χ2v) is 6.92. The number of nitrogens with zero attached hydrogens (tertiary/aromatic N) is 2. The van der Waals surface area contributed by atoms with Crippen molar-refractivity contribution >= 4 is 17.3 Å². The molecule has 1 saturated carbocycles. The summed E-state index contributed by atoms with van der Waals surface area (Å²) < 4.78 is 2.25. The molecule has 0 spiro atoms. The van der Waals surface area contributed by atoms with Crippen LogP contribution >= 0.6 is 11.8 Å². The molecular formula is C16H22N2S. The summed E-state index contributed by atoms with van der Waals surface area (Å²) >= 11 is 2.01. The van der Waals surface area contributed by atoms with Crippen LogP contribution in [0.25, 0.3) is 5.52 Å². The minimum Gasteiger partial charge on any atom is -0.302 e. The van der Waals surface area contributed by atoms with Crippen LogP contribution in [-0.2, 0) is 0 Å². The molecule has 1 aliphatic rings. The predicted octanol–water partition coefficient (Wildman–Crippen LogP) is 4.74. The van der Waals surface area contributed by atoms with E-state index >= 15 is 0 Å². The lowest BCUT2D eigenvalue weighted by Crippen LogP contribution is -1.98. The topological polar surface area (TPSA) is 17.3 Å². The Bertz CT molecular complexity index is 553. The monoisotopic (exact) mass is 274 g/mol. The molecule has 0 aliphatic heterocycles. The van der Waals surface area contributed by atoms with Crippen LogP contribution in [0.4, 0.5) is 0 Å². The van der Waals surface area contributed by atoms with Crippen LogP contribution in [0.2, 0.25) is 0 Å². The first-order chi connectivity index (χ1) is 9.25. The predicted molar refractivity (Wildman–Crippen MR) is 82.0 cm³/mol. The van der Waals surface area contributed by atoms with Gasteiger partial charge < -0.3 is 4.40 Å². The van der Waals surface area contributed by atoms with E-state index in [0.717, 1.165) is 5.92 Å². The van der Waals surface area contributed by atoms with Crippen LogP contribution in [-0.4, -0.2) is 15.1 Å². The van der Waals surface area contributed by atoms with Crippen molar-refractivity contribution in [1.29, 1.82) is 0 Å². The molecule has 0 N–H and O–H groups in total. The van der Waals surface area contributed by atoms with Gasteiger partial charge in [0.25, 0.3) is 0 Å². The highest BCUT2D eigenvalue weighted by molar-refractivity contribution is 7.99. The molecule has 1 aliphatic carbocycles. The van der Waals surface area contributed by atoms with E-state index in [9.17, 15) is 0 Å². The SMILES string of the molecule is CC(C)c1ncc2c(SCC3CCCC3)cccn12. The first kappa shape index (κ1) is 13.0. The van der Waals surface area contributed by atoms with Crippen LogP contribution in [0, 0.1) is 5.92 Å². The Labute approximate surface area is 119 Å². The van der Waals surface area contributed by atoms with Gasteiger partial charge in [0.15, 0.2) is 0 Å². The molecule has 2 nitrogen and oxygen atoms in total. The maximum Gasteiger partial charge on any atom is 0.115 e. The molecule has 2 heterocycles. The van der Waals surface area contributed by atoms with Crippen molar-refractivity contribution in [2.24, 2.45) is 5.92 Å². The number of hydrogen-bond acceptors (Lipinski definition) is 2. The maximum atomic E-state index is 4.58. The van der Waals surface area contributed by atoms with Gasteiger partial charge in [0.1, 0.15) is 5.82 Å². The zero-order valence-electron chi connectivity index (χ0n) is 11.8. The van der Waals surface area contributed by atoms with Gasteiger partial charge in [-0.1, -0.05) is 26.7 Å². The molecule has 3 rings (SSSR count). The van der Waals surface area contributed by atoms with E-state index < -0.39 is 0 Å². The maximum absolute atomic E-state index is 4.58. The summed E-state index contributed by atoms with van der Waals surface area (Å²) in [6.07, 6.45) is 9.88. The number of rotatable bonds is 4. The normalized spacial score (nSPS) is 16.8. The number of pyridine rings is 1. The van der Waals surface area contributed by atoms with Gasteiger partial charge in [-0.3, -0.25) is 0 Å². The van der Waals surface area contributed by atoms with Crippen molar-refractivity contribution in [2.75, 3.05) is 5.75 Å². The molecule has 0 atom stereocenters. The Morgan fingerprint density at radius 2 is 2.16 bits per heavy atom.